The molecule has 1 nitrogen and oxygen atoms in total. The van der Waals surface area contributed by atoms with Crippen LogP contribution in [0.25, 0.3) is 0 Å². The Balaban J connectivity index is 4.87. The fourth-order valence-corrected chi connectivity index (χ4v) is 0.877. The molecule has 0 saturated heterocycles. The smallest absolute Gasteiger partial charge is 0.0410 e. The summed E-state index contributed by atoms with van der Waals surface area (Å²) in [6.45, 7) is 15.6. The highest BCUT2D eigenvalue weighted by Gasteiger charge is 1.95. The van der Waals surface area contributed by atoms with Crippen molar-refractivity contribution < 1.29 is 0 Å². The third-order valence-electron chi connectivity index (χ3n) is 1.51. The molecule has 0 aromatic rings. The SMILES string of the molecule is C=C/C(C)=C(\C=C(C)C)NC(=C)C. The third-order valence-corrected chi connectivity index (χ3v) is 1.51. The van der Waals surface area contributed by atoms with E-state index in [-0.39, 0.29) is 0 Å². The molecule has 0 aromatic heterocycles. The quantitative estimate of drug-likeness (QED) is 0.648. The summed E-state index contributed by atoms with van der Waals surface area (Å²) in [6.07, 6.45) is 3.93. The molecular formula is C12H19N. The second-order valence-electron chi connectivity index (χ2n) is 3.43. The average Bonchev–Trinajstić information content (AvgIpc) is 2.00. The van der Waals surface area contributed by atoms with Crippen molar-refractivity contribution in [2.75, 3.05) is 0 Å². The van der Waals surface area contributed by atoms with Gasteiger partial charge in [-0.25, -0.2) is 0 Å². The molecule has 0 heterocycles. The van der Waals surface area contributed by atoms with Crippen LogP contribution in [0.3, 0.4) is 0 Å². The summed E-state index contributed by atoms with van der Waals surface area (Å²) < 4.78 is 0. The van der Waals surface area contributed by atoms with E-state index in [2.05, 4.69) is 38.4 Å². The molecule has 1 heteroatoms. The van der Waals surface area contributed by atoms with Crippen molar-refractivity contribution >= 4 is 0 Å². The van der Waals surface area contributed by atoms with Gasteiger partial charge in [0.15, 0.2) is 0 Å². The lowest BCUT2D eigenvalue weighted by molar-refractivity contribution is 0.988. The van der Waals surface area contributed by atoms with E-state index in [1.54, 1.807) is 0 Å². The molecule has 0 radical (unpaired) electrons. The van der Waals surface area contributed by atoms with Gasteiger partial charge in [-0.1, -0.05) is 24.8 Å². The average molecular weight is 177 g/mol. The van der Waals surface area contributed by atoms with E-state index in [9.17, 15) is 0 Å². The second kappa shape index (κ2) is 5.41. The van der Waals surface area contributed by atoms with Crippen molar-refractivity contribution in [1.29, 1.82) is 0 Å². The number of hydrogen-bond donors (Lipinski definition) is 1. The lowest BCUT2D eigenvalue weighted by Gasteiger charge is -2.09. The number of hydrogen-bond acceptors (Lipinski definition) is 1. The van der Waals surface area contributed by atoms with Crippen LogP contribution in [0.4, 0.5) is 0 Å². The van der Waals surface area contributed by atoms with Crippen LogP contribution in [-0.4, -0.2) is 0 Å². The predicted molar refractivity (Wildman–Crippen MR) is 60.3 cm³/mol. The molecule has 0 spiro atoms. The molecule has 0 fully saturated rings. The zero-order chi connectivity index (χ0) is 10.4. The Labute approximate surface area is 81.5 Å². The minimum Gasteiger partial charge on any atom is -0.360 e. The van der Waals surface area contributed by atoms with Crippen LogP contribution >= 0.6 is 0 Å². The molecule has 0 rings (SSSR count). The predicted octanol–water partition coefficient (Wildman–Crippen LogP) is 3.54. The van der Waals surface area contributed by atoms with Crippen LogP contribution in [-0.2, 0) is 0 Å². The molecule has 0 aliphatic carbocycles. The van der Waals surface area contributed by atoms with E-state index < -0.39 is 0 Å². The molecule has 0 aliphatic rings. The van der Waals surface area contributed by atoms with Gasteiger partial charge in [-0.2, -0.15) is 0 Å². The summed E-state index contributed by atoms with van der Waals surface area (Å²) >= 11 is 0. The van der Waals surface area contributed by atoms with Crippen molar-refractivity contribution in [2.24, 2.45) is 0 Å². The van der Waals surface area contributed by atoms with Crippen molar-refractivity contribution in [2.45, 2.75) is 27.7 Å². The summed E-state index contributed by atoms with van der Waals surface area (Å²) in [4.78, 5) is 0. The van der Waals surface area contributed by atoms with E-state index >= 15 is 0 Å². The molecule has 0 saturated carbocycles. The van der Waals surface area contributed by atoms with Gasteiger partial charge in [0, 0.05) is 11.4 Å². The van der Waals surface area contributed by atoms with E-state index in [1.807, 2.05) is 19.9 Å². The van der Waals surface area contributed by atoms with Gasteiger partial charge in [0.05, 0.1) is 0 Å². The van der Waals surface area contributed by atoms with Gasteiger partial charge < -0.3 is 5.32 Å². The maximum absolute atomic E-state index is 3.81. The van der Waals surface area contributed by atoms with Gasteiger partial charge in [0.25, 0.3) is 0 Å². The first-order chi connectivity index (χ1) is 5.97. The maximum Gasteiger partial charge on any atom is 0.0410 e. The summed E-state index contributed by atoms with van der Waals surface area (Å²) in [5, 5.41) is 3.20. The van der Waals surface area contributed by atoms with Gasteiger partial charge >= 0.3 is 0 Å². The van der Waals surface area contributed by atoms with Crippen molar-refractivity contribution in [1.82, 2.24) is 5.32 Å². The molecule has 13 heavy (non-hydrogen) atoms. The van der Waals surface area contributed by atoms with Gasteiger partial charge in [-0.15, -0.1) is 0 Å². The minimum absolute atomic E-state index is 0.939. The number of rotatable bonds is 4. The van der Waals surface area contributed by atoms with Gasteiger partial charge in [-0.3, -0.25) is 0 Å². The van der Waals surface area contributed by atoms with Crippen LogP contribution in [0, 0.1) is 0 Å². The highest BCUT2D eigenvalue weighted by molar-refractivity contribution is 5.32. The minimum atomic E-state index is 0.939. The van der Waals surface area contributed by atoms with Crippen molar-refractivity contribution in [3.63, 3.8) is 0 Å². The highest BCUT2D eigenvalue weighted by atomic mass is 14.9. The van der Waals surface area contributed by atoms with E-state index in [0.717, 1.165) is 17.0 Å². The lowest BCUT2D eigenvalue weighted by Crippen LogP contribution is -2.09. The van der Waals surface area contributed by atoms with Crippen LogP contribution < -0.4 is 5.32 Å². The van der Waals surface area contributed by atoms with Crippen LogP contribution in [0.15, 0.2) is 47.9 Å². The first-order valence-electron chi connectivity index (χ1n) is 4.38. The highest BCUT2D eigenvalue weighted by Crippen LogP contribution is 2.07. The number of allylic oxidation sites excluding steroid dienone is 5. The van der Waals surface area contributed by atoms with Crippen molar-refractivity contribution in [3.05, 3.63) is 47.9 Å². The summed E-state index contributed by atoms with van der Waals surface area (Å²) in [5.74, 6) is 0. The molecule has 0 amide bonds. The maximum atomic E-state index is 3.81. The summed E-state index contributed by atoms with van der Waals surface area (Å²) in [6, 6.07) is 0. The Hall–Kier alpha value is -1.24. The van der Waals surface area contributed by atoms with Crippen LogP contribution in [0.2, 0.25) is 0 Å². The molecule has 0 atom stereocenters. The summed E-state index contributed by atoms with van der Waals surface area (Å²) in [5.41, 5.74) is 4.39. The Morgan fingerprint density at radius 2 is 1.69 bits per heavy atom. The lowest BCUT2D eigenvalue weighted by atomic mass is 10.1. The molecule has 72 valence electrons. The third kappa shape index (κ3) is 5.07. The zero-order valence-corrected chi connectivity index (χ0v) is 9.07. The Bertz CT molecular complexity index is 263. The topological polar surface area (TPSA) is 12.0 Å². The van der Waals surface area contributed by atoms with Crippen LogP contribution in [0.5, 0.6) is 0 Å². The number of nitrogens with one attached hydrogen (secondary N) is 1. The Morgan fingerprint density at radius 3 is 2.00 bits per heavy atom. The molecule has 0 unspecified atom stereocenters. The largest absolute Gasteiger partial charge is 0.360 e. The molecule has 1 N–H and O–H groups in total. The van der Waals surface area contributed by atoms with Gasteiger partial charge in [0.1, 0.15) is 0 Å². The zero-order valence-electron chi connectivity index (χ0n) is 9.07. The molecule has 0 aromatic carbocycles. The fourth-order valence-electron chi connectivity index (χ4n) is 0.877. The first kappa shape index (κ1) is 11.8. The molecule has 0 aliphatic heterocycles. The molecular weight excluding hydrogens is 158 g/mol. The monoisotopic (exact) mass is 177 g/mol. The van der Waals surface area contributed by atoms with Gasteiger partial charge in [-0.05, 0) is 39.3 Å². The van der Waals surface area contributed by atoms with Crippen molar-refractivity contribution in [3.8, 4) is 0 Å². The normalized spacial score (nSPS) is 11.4. The van der Waals surface area contributed by atoms with E-state index in [0.29, 0.717) is 0 Å². The Kier molecular flexibility index (Phi) is 4.90. The van der Waals surface area contributed by atoms with Crippen LogP contribution in [0.1, 0.15) is 27.7 Å². The second-order valence-corrected chi connectivity index (χ2v) is 3.43. The molecule has 0 bridgehead atoms. The standard InChI is InChI=1S/C12H19N/c1-7-11(6)12(8-9(2)3)13-10(4)5/h7-8,13H,1,4H2,2-3,5-6H3/b12-11+. The Morgan fingerprint density at radius 1 is 1.15 bits per heavy atom. The van der Waals surface area contributed by atoms with Gasteiger partial charge in [0.2, 0.25) is 0 Å². The van der Waals surface area contributed by atoms with E-state index in [1.165, 1.54) is 5.57 Å². The fraction of sp³-hybridized carbons (Fsp3) is 0.333. The first-order valence-corrected chi connectivity index (χ1v) is 4.38. The summed E-state index contributed by atoms with van der Waals surface area (Å²) in [7, 11) is 0. The van der Waals surface area contributed by atoms with E-state index in [4.69, 9.17) is 0 Å².